The van der Waals surface area contributed by atoms with Crippen LogP contribution in [0.3, 0.4) is 0 Å². The fourth-order valence-electron chi connectivity index (χ4n) is 1.30. The largest absolute Gasteiger partial charge is 0.770 e. The van der Waals surface area contributed by atoms with Gasteiger partial charge in [0.1, 0.15) is 0 Å². The van der Waals surface area contributed by atoms with Crippen LogP contribution in [-0.2, 0) is 26.2 Å². The third-order valence-corrected chi connectivity index (χ3v) is 7.11. The van der Waals surface area contributed by atoms with E-state index in [0.717, 1.165) is 18.3 Å². The molecule has 1 aromatic heterocycles. The molecule has 14 heteroatoms. The van der Waals surface area contributed by atoms with Gasteiger partial charge in [-0.25, -0.2) is 8.42 Å². The van der Waals surface area contributed by atoms with Gasteiger partial charge in [-0.1, -0.05) is 0 Å². The molecule has 1 unspecified atom stereocenters. The maximum Gasteiger partial charge on any atom is 0.502 e. The van der Waals surface area contributed by atoms with Crippen molar-refractivity contribution < 1.29 is 48.1 Å². The fraction of sp³-hybridized carbons (Fsp3) is 0.333. The quantitative estimate of drug-likeness (QED) is 0.298. The molecule has 1 atom stereocenters. The Kier molecular flexibility index (Phi) is 5.46. The number of hydrogen-bond acceptors (Lipinski definition) is 4. The molecule has 132 valence electrons. The third kappa shape index (κ3) is 3.97. The molecule has 0 radical (unpaired) electrons. The summed E-state index contributed by atoms with van der Waals surface area (Å²) in [5, 5.41) is 0. The molecule has 0 saturated heterocycles. The zero-order chi connectivity index (χ0) is 18.3. The summed E-state index contributed by atoms with van der Waals surface area (Å²) in [6.07, 6.45) is 0.905. The highest BCUT2D eigenvalue weighted by molar-refractivity contribution is 9.10. The normalized spacial score (nSPS) is 16.0. The maximum atomic E-state index is 12.5. The first-order valence-corrected chi connectivity index (χ1v) is 9.01. The lowest BCUT2D eigenvalue weighted by Crippen LogP contribution is -2.49. The smallest absolute Gasteiger partial charge is 0.502 e. The van der Waals surface area contributed by atoms with E-state index >= 15 is 0 Å². The van der Waals surface area contributed by atoms with Crippen molar-refractivity contribution in [2.75, 3.05) is 0 Å². The number of aromatic nitrogens is 1. The topological polar surface area (TPSA) is 78.2 Å². The van der Waals surface area contributed by atoms with Gasteiger partial charge in [-0.05, 0) is 6.07 Å². The first-order chi connectivity index (χ1) is 10.1. The molecule has 0 bridgehead atoms. The number of pyridine rings is 1. The van der Waals surface area contributed by atoms with Crippen LogP contribution in [0.1, 0.15) is 0 Å². The van der Waals surface area contributed by atoms with Crippen LogP contribution in [0.2, 0.25) is 0 Å². The van der Waals surface area contributed by atoms with Gasteiger partial charge in [0.2, 0.25) is 4.60 Å². The summed E-state index contributed by atoms with van der Waals surface area (Å²) < 4.78 is 118. The van der Waals surface area contributed by atoms with Gasteiger partial charge < -0.3 is 4.55 Å². The number of rotatable bonds is 2. The molecule has 23 heavy (non-hydrogen) atoms. The minimum Gasteiger partial charge on any atom is -0.770 e. The molecule has 0 aliphatic heterocycles. The molecular weight excluding hydrogens is 444 g/mol. The Balaban J connectivity index is 3.78. The lowest BCUT2D eigenvalue weighted by atomic mass is 10.5. The highest BCUT2D eigenvalue weighted by atomic mass is 79.9. The van der Waals surface area contributed by atoms with E-state index < -0.39 is 41.4 Å². The summed E-state index contributed by atoms with van der Waals surface area (Å²) in [6.45, 7) is -1.68. The molecule has 0 fully saturated rings. The van der Waals surface area contributed by atoms with Crippen molar-refractivity contribution in [3.05, 3.63) is 29.0 Å². The summed E-state index contributed by atoms with van der Waals surface area (Å²) >= 11 is 2.76. The molecule has 0 aliphatic rings. The summed E-state index contributed by atoms with van der Waals surface area (Å²) in [7, 11) is -13.5. The van der Waals surface area contributed by atoms with Gasteiger partial charge in [-0.3, -0.25) is 4.21 Å². The Hall–Kier alpha value is -0.860. The van der Waals surface area contributed by atoms with Crippen LogP contribution in [0.4, 0.5) is 26.3 Å². The average molecular weight is 450 g/mol. The van der Waals surface area contributed by atoms with Gasteiger partial charge in [-0.15, -0.1) is 0 Å². The molecular formula is C9H6BrF6NO4S2. The van der Waals surface area contributed by atoms with E-state index in [2.05, 4.69) is 15.9 Å². The van der Waals surface area contributed by atoms with Crippen LogP contribution < -0.4 is 4.57 Å². The number of nitrogens with zero attached hydrogens (tertiary/aromatic N) is 1. The van der Waals surface area contributed by atoms with Crippen molar-refractivity contribution in [2.24, 2.45) is 0 Å². The van der Waals surface area contributed by atoms with Gasteiger partial charge in [0.25, 0.3) is 9.84 Å². The first kappa shape index (κ1) is 20.2. The molecule has 0 N–H and O–H groups in total. The Bertz CT molecular complexity index is 823. The van der Waals surface area contributed by atoms with E-state index in [-0.39, 0.29) is 4.60 Å². The van der Waals surface area contributed by atoms with Crippen molar-refractivity contribution in [3.63, 3.8) is 0 Å². The second-order valence-corrected chi connectivity index (χ2v) is 8.92. The second-order valence-electron chi connectivity index (χ2n) is 3.92. The van der Waals surface area contributed by atoms with Crippen LogP contribution in [0.15, 0.2) is 29.0 Å². The third-order valence-electron chi connectivity index (χ3n) is 2.39. The Morgan fingerprint density at radius 2 is 1.61 bits per heavy atom. The molecule has 5 nitrogen and oxygen atoms in total. The van der Waals surface area contributed by atoms with Crippen molar-refractivity contribution in [2.45, 2.75) is 17.6 Å². The van der Waals surface area contributed by atoms with Crippen LogP contribution in [0, 0.1) is 0 Å². The van der Waals surface area contributed by atoms with Crippen molar-refractivity contribution >= 4 is 39.8 Å². The Morgan fingerprint density at radius 3 is 2.00 bits per heavy atom. The SMILES string of the molecule is O=S(=O)(C(C[n+]1ccccc1Br)=S(=O)([O-])C(F)(F)F)C(F)(F)F. The molecule has 0 aromatic carbocycles. The molecule has 1 aromatic rings. The van der Waals surface area contributed by atoms with Crippen LogP contribution in [0.25, 0.3) is 0 Å². The van der Waals surface area contributed by atoms with Crippen LogP contribution in [-0.4, -0.2) is 32.4 Å². The maximum absolute atomic E-state index is 12.5. The predicted octanol–water partition coefficient (Wildman–Crippen LogP) is 1.74. The minimum atomic E-state index is -6.73. The molecule has 1 rings (SSSR count). The van der Waals surface area contributed by atoms with E-state index in [9.17, 15) is 43.5 Å². The van der Waals surface area contributed by atoms with Crippen molar-refractivity contribution in [3.8, 4) is 0 Å². The minimum absolute atomic E-state index is 0.132. The van der Waals surface area contributed by atoms with Crippen LogP contribution in [0.5, 0.6) is 0 Å². The van der Waals surface area contributed by atoms with Gasteiger partial charge in [-0.2, -0.15) is 30.9 Å². The standard InChI is InChI=1S/C9H6BrF6NO4S2/c10-6-3-1-2-4-17(6)5-7(22(18,19)8(11,12)13)23(20,21)9(14,15)16/h1-4H,5H2. The molecule has 0 saturated carbocycles. The molecule has 0 amide bonds. The number of sulfone groups is 1. The summed E-state index contributed by atoms with van der Waals surface area (Å²) in [4.78, 5) is 0. The number of halogens is 7. The predicted molar refractivity (Wildman–Crippen MR) is 69.3 cm³/mol. The average Bonchev–Trinajstić information content (AvgIpc) is 2.34. The van der Waals surface area contributed by atoms with E-state index in [1.54, 1.807) is 0 Å². The van der Waals surface area contributed by atoms with Crippen LogP contribution >= 0.6 is 15.9 Å². The zero-order valence-corrected chi connectivity index (χ0v) is 13.8. The number of alkyl halides is 6. The Labute approximate surface area is 134 Å². The lowest BCUT2D eigenvalue weighted by molar-refractivity contribution is -0.692. The van der Waals surface area contributed by atoms with Gasteiger partial charge in [0.05, 0.1) is 0 Å². The van der Waals surface area contributed by atoms with E-state index in [1.165, 1.54) is 6.07 Å². The fourth-order valence-corrected chi connectivity index (χ4v) is 4.55. The highest BCUT2D eigenvalue weighted by Crippen LogP contribution is 2.31. The van der Waals surface area contributed by atoms with Gasteiger partial charge in [0, 0.05) is 37.9 Å². The van der Waals surface area contributed by atoms with E-state index in [1.807, 2.05) is 0 Å². The van der Waals surface area contributed by atoms with Gasteiger partial charge >= 0.3 is 11.0 Å². The summed E-state index contributed by atoms with van der Waals surface area (Å²) in [5.41, 5.74) is -12.4. The summed E-state index contributed by atoms with van der Waals surface area (Å²) in [6, 6.07) is 3.65. The lowest BCUT2D eigenvalue weighted by Gasteiger charge is -2.23. The number of hydrogen-bond donors (Lipinski definition) is 0. The molecule has 0 spiro atoms. The zero-order valence-electron chi connectivity index (χ0n) is 10.6. The van der Waals surface area contributed by atoms with E-state index in [4.69, 9.17) is 0 Å². The molecule has 0 aliphatic carbocycles. The van der Waals surface area contributed by atoms with Crippen molar-refractivity contribution in [1.29, 1.82) is 0 Å². The monoisotopic (exact) mass is 449 g/mol. The highest BCUT2D eigenvalue weighted by Gasteiger charge is 2.54. The second kappa shape index (κ2) is 6.22. The summed E-state index contributed by atoms with van der Waals surface area (Å²) in [5.74, 6) is 0. The van der Waals surface area contributed by atoms with Gasteiger partial charge in [0.15, 0.2) is 16.9 Å². The first-order valence-electron chi connectivity index (χ1n) is 5.25. The molecule has 1 heterocycles. The Morgan fingerprint density at radius 1 is 1.09 bits per heavy atom. The van der Waals surface area contributed by atoms with Crippen molar-refractivity contribution in [1.82, 2.24) is 0 Å². The van der Waals surface area contributed by atoms with E-state index in [0.29, 0.717) is 4.57 Å².